The Morgan fingerprint density at radius 2 is 2.20 bits per heavy atom. The molecule has 1 aromatic rings. The number of morpholine rings is 1. The van der Waals surface area contributed by atoms with Gasteiger partial charge in [0.05, 0.1) is 24.9 Å². The first-order valence-corrected chi connectivity index (χ1v) is 8.74. The highest BCUT2D eigenvalue weighted by molar-refractivity contribution is 5.76. The van der Waals surface area contributed by atoms with E-state index in [2.05, 4.69) is 42.7 Å². The lowest BCUT2D eigenvalue weighted by atomic mass is 10.1. The summed E-state index contributed by atoms with van der Waals surface area (Å²) in [6.07, 6.45) is 1.53. The fourth-order valence-corrected chi connectivity index (χ4v) is 3.05. The van der Waals surface area contributed by atoms with Gasteiger partial charge in [0.1, 0.15) is 18.8 Å². The van der Waals surface area contributed by atoms with E-state index in [1.54, 1.807) is 20.4 Å². The molecule has 2 rings (SSSR count). The van der Waals surface area contributed by atoms with Gasteiger partial charge >= 0.3 is 0 Å². The van der Waals surface area contributed by atoms with Crippen molar-refractivity contribution >= 4 is 5.91 Å². The summed E-state index contributed by atoms with van der Waals surface area (Å²) in [5.41, 5.74) is -0.277. The fourth-order valence-electron chi connectivity index (χ4n) is 3.05. The Bertz CT molecular complexity index is 570. The first kappa shape index (κ1) is 19.8. The predicted molar refractivity (Wildman–Crippen MR) is 94.1 cm³/mol. The molecule has 0 spiro atoms. The first-order valence-electron chi connectivity index (χ1n) is 8.74. The highest BCUT2D eigenvalue weighted by Crippen LogP contribution is 2.23. The Labute approximate surface area is 150 Å². The summed E-state index contributed by atoms with van der Waals surface area (Å²) in [4.78, 5) is 19.9. The third-order valence-corrected chi connectivity index (χ3v) is 4.08. The van der Waals surface area contributed by atoms with E-state index < -0.39 is 0 Å². The van der Waals surface area contributed by atoms with Crippen LogP contribution in [0.5, 0.6) is 0 Å². The van der Waals surface area contributed by atoms with Crippen LogP contribution in [0.3, 0.4) is 0 Å². The number of likely N-dealkylation sites (N-methyl/N-ethyl adjacent to an activating group) is 1. The van der Waals surface area contributed by atoms with Crippen LogP contribution in [0.4, 0.5) is 0 Å². The van der Waals surface area contributed by atoms with E-state index in [9.17, 15) is 4.79 Å². The lowest BCUT2D eigenvalue weighted by Gasteiger charge is -2.42. The maximum atomic E-state index is 11.6. The van der Waals surface area contributed by atoms with E-state index in [4.69, 9.17) is 9.47 Å². The van der Waals surface area contributed by atoms with Crippen LogP contribution < -0.4 is 0 Å². The van der Waals surface area contributed by atoms with E-state index in [1.165, 1.54) is 4.90 Å². The lowest BCUT2D eigenvalue weighted by Crippen LogP contribution is -2.54. The van der Waals surface area contributed by atoms with Crippen LogP contribution >= 0.6 is 0 Å². The van der Waals surface area contributed by atoms with Gasteiger partial charge in [-0.1, -0.05) is 0 Å². The largest absolute Gasteiger partial charge is 0.369 e. The highest BCUT2D eigenvalue weighted by Gasteiger charge is 2.34. The Kier molecular flexibility index (Phi) is 6.53. The second-order valence-corrected chi connectivity index (χ2v) is 7.69. The van der Waals surface area contributed by atoms with Crippen LogP contribution in [-0.2, 0) is 20.8 Å². The molecule has 1 aromatic heterocycles. The molecule has 1 saturated heterocycles. The minimum absolute atomic E-state index is 0.0445. The number of ether oxygens (including phenoxy) is 2. The van der Waals surface area contributed by atoms with Gasteiger partial charge in [-0.05, 0) is 27.7 Å². The van der Waals surface area contributed by atoms with Gasteiger partial charge in [0.2, 0.25) is 5.91 Å². The summed E-state index contributed by atoms with van der Waals surface area (Å²) >= 11 is 0. The molecule has 0 radical (unpaired) electrons. The molecule has 142 valence electrons. The number of hydrogen-bond donors (Lipinski definition) is 0. The van der Waals surface area contributed by atoms with Crippen molar-refractivity contribution in [2.75, 3.05) is 40.4 Å². The molecule has 1 amide bonds. The van der Waals surface area contributed by atoms with Crippen LogP contribution in [0.15, 0.2) is 6.33 Å². The minimum Gasteiger partial charge on any atom is -0.369 e. The molecule has 25 heavy (non-hydrogen) atoms. The summed E-state index contributed by atoms with van der Waals surface area (Å²) in [5.74, 6) is 0.909. The van der Waals surface area contributed by atoms with Gasteiger partial charge in [0, 0.05) is 33.2 Å². The topological polar surface area (TPSA) is 72.7 Å². The molecule has 0 aromatic carbocycles. The SMILES string of the molecule is CC(C)n1ncnc1CN1CC(COCC(=O)N(C)C)OC(C)(C)C1. The molecule has 2 heterocycles. The molecule has 0 saturated carbocycles. The predicted octanol–water partition coefficient (Wildman–Crippen LogP) is 0.943. The lowest BCUT2D eigenvalue weighted by molar-refractivity contribution is -0.161. The second-order valence-electron chi connectivity index (χ2n) is 7.69. The third-order valence-electron chi connectivity index (χ3n) is 4.08. The number of carbonyl (C=O) groups is 1. The van der Waals surface area contributed by atoms with Gasteiger partial charge in [-0.3, -0.25) is 9.69 Å². The highest BCUT2D eigenvalue weighted by atomic mass is 16.5. The standard InChI is InChI=1S/C17H31N5O3/c1-13(2)22-15(18-12-19-22)8-21-7-14(25-17(3,4)11-21)9-24-10-16(23)20(5)6/h12-14H,7-11H2,1-6H3. The van der Waals surface area contributed by atoms with Crippen molar-refractivity contribution in [3.8, 4) is 0 Å². The number of nitrogens with zero attached hydrogens (tertiary/aromatic N) is 5. The van der Waals surface area contributed by atoms with E-state index >= 15 is 0 Å². The van der Waals surface area contributed by atoms with Crippen molar-refractivity contribution in [1.82, 2.24) is 24.6 Å². The van der Waals surface area contributed by atoms with Crippen molar-refractivity contribution in [2.24, 2.45) is 0 Å². The van der Waals surface area contributed by atoms with E-state index in [0.717, 1.165) is 25.5 Å². The molecule has 1 unspecified atom stereocenters. The molecule has 1 fully saturated rings. The van der Waals surface area contributed by atoms with Crippen molar-refractivity contribution in [3.63, 3.8) is 0 Å². The van der Waals surface area contributed by atoms with Crippen molar-refractivity contribution in [2.45, 2.75) is 52.0 Å². The summed E-state index contributed by atoms with van der Waals surface area (Å²) in [7, 11) is 3.44. The number of hydrogen-bond acceptors (Lipinski definition) is 6. The second kappa shape index (κ2) is 8.25. The average molecular weight is 353 g/mol. The Morgan fingerprint density at radius 3 is 2.84 bits per heavy atom. The van der Waals surface area contributed by atoms with E-state index in [-0.39, 0.29) is 30.3 Å². The Hall–Kier alpha value is -1.51. The minimum atomic E-state index is -0.277. The van der Waals surface area contributed by atoms with Gasteiger partial charge in [-0.2, -0.15) is 5.10 Å². The summed E-state index contributed by atoms with van der Waals surface area (Å²) in [6, 6.07) is 0.280. The zero-order valence-electron chi connectivity index (χ0n) is 16.2. The van der Waals surface area contributed by atoms with Gasteiger partial charge in [-0.25, -0.2) is 9.67 Å². The van der Waals surface area contributed by atoms with E-state index in [1.807, 2.05) is 4.68 Å². The molecular weight excluding hydrogens is 322 g/mol. The molecule has 1 aliphatic heterocycles. The Balaban J connectivity index is 1.93. The van der Waals surface area contributed by atoms with Crippen LogP contribution in [-0.4, -0.2) is 82.6 Å². The zero-order valence-corrected chi connectivity index (χ0v) is 16.2. The summed E-state index contributed by atoms with van der Waals surface area (Å²) in [6.45, 7) is 11.1. The molecule has 0 bridgehead atoms. The number of aromatic nitrogens is 3. The summed E-state index contributed by atoms with van der Waals surface area (Å²) < 4.78 is 13.6. The average Bonchev–Trinajstić information content (AvgIpc) is 2.93. The van der Waals surface area contributed by atoms with Crippen molar-refractivity contribution in [3.05, 3.63) is 12.2 Å². The zero-order chi connectivity index (χ0) is 18.6. The molecule has 1 aliphatic rings. The van der Waals surface area contributed by atoms with Crippen LogP contribution in [0.25, 0.3) is 0 Å². The molecule has 0 N–H and O–H groups in total. The van der Waals surface area contributed by atoms with E-state index in [0.29, 0.717) is 6.61 Å². The molecule has 8 nitrogen and oxygen atoms in total. The number of amides is 1. The van der Waals surface area contributed by atoms with Gasteiger partial charge in [0.25, 0.3) is 0 Å². The molecular formula is C17H31N5O3. The monoisotopic (exact) mass is 353 g/mol. The number of rotatable bonds is 7. The maximum absolute atomic E-state index is 11.6. The molecule has 8 heteroatoms. The Morgan fingerprint density at radius 1 is 1.48 bits per heavy atom. The fraction of sp³-hybridized carbons (Fsp3) is 0.824. The van der Waals surface area contributed by atoms with Gasteiger partial charge < -0.3 is 14.4 Å². The first-order chi connectivity index (χ1) is 11.7. The number of carbonyl (C=O) groups excluding carboxylic acids is 1. The molecule has 1 atom stereocenters. The smallest absolute Gasteiger partial charge is 0.248 e. The van der Waals surface area contributed by atoms with Crippen LogP contribution in [0.1, 0.15) is 39.6 Å². The van der Waals surface area contributed by atoms with Crippen molar-refractivity contribution in [1.29, 1.82) is 0 Å². The maximum Gasteiger partial charge on any atom is 0.248 e. The van der Waals surface area contributed by atoms with Crippen LogP contribution in [0.2, 0.25) is 0 Å². The molecule has 0 aliphatic carbocycles. The normalized spacial score (nSPS) is 20.8. The van der Waals surface area contributed by atoms with Crippen molar-refractivity contribution < 1.29 is 14.3 Å². The summed E-state index contributed by atoms with van der Waals surface area (Å²) in [5, 5.41) is 4.30. The van der Waals surface area contributed by atoms with Crippen LogP contribution in [0, 0.1) is 0 Å². The van der Waals surface area contributed by atoms with Gasteiger partial charge in [-0.15, -0.1) is 0 Å². The third kappa shape index (κ3) is 5.76. The van der Waals surface area contributed by atoms with Gasteiger partial charge in [0.15, 0.2) is 0 Å². The quantitative estimate of drug-likeness (QED) is 0.726.